The third kappa shape index (κ3) is 3.43. The number of aliphatic hydroxyl groups is 1. The summed E-state index contributed by atoms with van der Waals surface area (Å²) in [7, 11) is 0. The van der Waals surface area contributed by atoms with Gasteiger partial charge in [-0.05, 0) is 48.0 Å². The highest BCUT2D eigenvalue weighted by molar-refractivity contribution is 6.10. The van der Waals surface area contributed by atoms with Crippen LogP contribution in [0, 0.1) is 11.6 Å². The number of fused-ring (bicyclic) bond motifs is 1. The number of carbonyl (C=O) groups excluding carboxylic acids is 2. The highest BCUT2D eigenvalue weighted by Gasteiger charge is 2.50. The van der Waals surface area contributed by atoms with Crippen molar-refractivity contribution in [1.82, 2.24) is 0 Å². The van der Waals surface area contributed by atoms with Crippen molar-refractivity contribution in [3.05, 3.63) is 101 Å². The summed E-state index contributed by atoms with van der Waals surface area (Å²) in [6.07, 6.45) is -0.464. The summed E-state index contributed by atoms with van der Waals surface area (Å²) in [4.78, 5) is 27.2. The molecule has 0 saturated carbocycles. The van der Waals surface area contributed by atoms with E-state index in [9.17, 15) is 23.5 Å². The standard InChI is InChI=1S/C23H17F2NO3/c24-17-9-5-15(6-10-17)14-26-20-4-2-1-3-19(20)23(29,22(26)28)13-21(27)16-7-11-18(25)12-8-16/h1-12,29H,13-14H2. The Labute approximate surface area is 166 Å². The maximum Gasteiger partial charge on any atom is 0.264 e. The van der Waals surface area contributed by atoms with Crippen LogP contribution in [0.25, 0.3) is 0 Å². The maximum absolute atomic E-state index is 13.2. The van der Waals surface area contributed by atoms with Crippen LogP contribution >= 0.6 is 0 Å². The van der Waals surface area contributed by atoms with Crippen LogP contribution < -0.4 is 4.90 Å². The molecule has 1 aliphatic heterocycles. The number of nitrogens with zero attached hydrogens (tertiary/aromatic N) is 1. The van der Waals surface area contributed by atoms with Gasteiger partial charge in [0.2, 0.25) is 0 Å². The van der Waals surface area contributed by atoms with Gasteiger partial charge in [-0.25, -0.2) is 8.78 Å². The molecule has 1 amide bonds. The van der Waals surface area contributed by atoms with Gasteiger partial charge >= 0.3 is 0 Å². The first-order valence-corrected chi connectivity index (χ1v) is 9.05. The molecule has 6 heteroatoms. The molecular formula is C23H17F2NO3. The molecule has 0 radical (unpaired) electrons. The molecule has 0 bridgehead atoms. The maximum atomic E-state index is 13.2. The van der Waals surface area contributed by atoms with Crippen LogP contribution in [0.3, 0.4) is 0 Å². The van der Waals surface area contributed by atoms with Crippen LogP contribution in [0.2, 0.25) is 0 Å². The minimum Gasteiger partial charge on any atom is -0.375 e. The van der Waals surface area contributed by atoms with Crippen LogP contribution in [-0.2, 0) is 16.9 Å². The lowest BCUT2D eigenvalue weighted by atomic mass is 9.88. The number of amides is 1. The number of hydrogen-bond donors (Lipinski definition) is 1. The molecule has 0 aromatic heterocycles. The van der Waals surface area contributed by atoms with Crippen molar-refractivity contribution < 1.29 is 23.5 Å². The molecule has 0 saturated heterocycles. The van der Waals surface area contributed by atoms with E-state index in [4.69, 9.17) is 0 Å². The molecule has 0 fully saturated rings. The van der Waals surface area contributed by atoms with Gasteiger partial charge in [0.05, 0.1) is 18.7 Å². The van der Waals surface area contributed by atoms with E-state index in [1.165, 1.54) is 29.2 Å². The van der Waals surface area contributed by atoms with Gasteiger partial charge in [-0.2, -0.15) is 0 Å². The van der Waals surface area contributed by atoms with Crippen molar-refractivity contribution in [3.63, 3.8) is 0 Å². The van der Waals surface area contributed by atoms with E-state index >= 15 is 0 Å². The Kier molecular flexibility index (Phi) is 4.72. The third-order valence-electron chi connectivity index (χ3n) is 5.08. The van der Waals surface area contributed by atoms with E-state index in [0.29, 0.717) is 16.8 Å². The minimum atomic E-state index is -2.03. The second kappa shape index (κ2) is 7.22. The summed E-state index contributed by atoms with van der Waals surface area (Å²) in [5.41, 5.74) is -0.299. The zero-order chi connectivity index (χ0) is 20.6. The second-order valence-corrected chi connectivity index (χ2v) is 7.00. The number of anilines is 1. The minimum absolute atomic E-state index is 0.128. The summed E-state index contributed by atoms with van der Waals surface area (Å²) >= 11 is 0. The van der Waals surface area contributed by atoms with E-state index in [-0.39, 0.29) is 17.9 Å². The van der Waals surface area contributed by atoms with Gasteiger partial charge in [0.25, 0.3) is 5.91 Å². The molecule has 146 valence electrons. The van der Waals surface area contributed by atoms with E-state index in [1.807, 2.05) is 0 Å². The van der Waals surface area contributed by atoms with Gasteiger partial charge in [-0.15, -0.1) is 0 Å². The third-order valence-corrected chi connectivity index (χ3v) is 5.08. The fourth-order valence-corrected chi connectivity index (χ4v) is 3.58. The average Bonchev–Trinajstić information content (AvgIpc) is 2.92. The Bertz CT molecular complexity index is 1080. The lowest BCUT2D eigenvalue weighted by molar-refractivity contribution is -0.136. The van der Waals surface area contributed by atoms with Gasteiger partial charge < -0.3 is 10.0 Å². The first-order chi connectivity index (χ1) is 13.9. The molecular weight excluding hydrogens is 376 g/mol. The number of ketones is 1. The summed E-state index contributed by atoms with van der Waals surface area (Å²) in [5.74, 6) is -1.96. The van der Waals surface area contributed by atoms with Crippen LogP contribution in [0.4, 0.5) is 14.5 Å². The summed E-state index contributed by atoms with van der Waals surface area (Å²) < 4.78 is 26.3. The van der Waals surface area contributed by atoms with Crippen molar-refractivity contribution in [3.8, 4) is 0 Å². The largest absolute Gasteiger partial charge is 0.375 e. The Balaban J connectivity index is 1.66. The number of carbonyl (C=O) groups is 2. The Hall–Kier alpha value is -3.38. The van der Waals surface area contributed by atoms with Crippen LogP contribution in [0.5, 0.6) is 0 Å². The van der Waals surface area contributed by atoms with Crippen LogP contribution in [-0.4, -0.2) is 16.8 Å². The van der Waals surface area contributed by atoms with E-state index in [0.717, 1.165) is 12.1 Å². The number of benzene rings is 3. The van der Waals surface area contributed by atoms with Gasteiger partial charge in [-0.3, -0.25) is 9.59 Å². The van der Waals surface area contributed by atoms with Crippen molar-refractivity contribution in [2.45, 2.75) is 18.6 Å². The Morgan fingerprint density at radius 1 is 0.897 bits per heavy atom. The van der Waals surface area contributed by atoms with Crippen LogP contribution in [0.15, 0.2) is 72.8 Å². The SMILES string of the molecule is O=C(CC1(O)C(=O)N(Cc2ccc(F)cc2)c2ccccc21)c1ccc(F)cc1. The molecule has 1 aliphatic rings. The normalized spacial score (nSPS) is 18.0. The van der Waals surface area contributed by atoms with E-state index in [2.05, 4.69) is 0 Å². The lowest BCUT2D eigenvalue weighted by Crippen LogP contribution is -2.41. The average molecular weight is 393 g/mol. The summed E-state index contributed by atoms with van der Waals surface area (Å²) in [6, 6.07) is 17.4. The van der Waals surface area contributed by atoms with Gasteiger partial charge in [0, 0.05) is 11.1 Å². The number of rotatable bonds is 5. The summed E-state index contributed by atoms with van der Waals surface area (Å²) in [5, 5.41) is 11.2. The molecule has 3 aromatic rings. The molecule has 3 aromatic carbocycles. The predicted molar refractivity (Wildman–Crippen MR) is 103 cm³/mol. The first kappa shape index (κ1) is 19.0. The molecule has 1 N–H and O–H groups in total. The molecule has 0 aliphatic carbocycles. The summed E-state index contributed by atoms with van der Waals surface area (Å²) in [6.45, 7) is 0.128. The van der Waals surface area contributed by atoms with Crippen molar-refractivity contribution in [1.29, 1.82) is 0 Å². The number of halogens is 2. The molecule has 1 unspecified atom stereocenters. The fraction of sp³-hybridized carbons (Fsp3) is 0.130. The molecule has 4 nitrogen and oxygen atoms in total. The van der Waals surface area contributed by atoms with Gasteiger partial charge in [0.15, 0.2) is 11.4 Å². The number of Topliss-reactive ketones (excluding diaryl/α,β-unsaturated/α-hetero) is 1. The zero-order valence-corrected chi connectivity index (χ0v) is 15.3. The molecule has 0 spiro atoms. The molecule has 29 heavy (non-hydrogen) atoms. The van der Waals surface area contributed by atoms with Crippen LogP contribution in [0.1, 0.15) is 27.9 Å². The van der Waals surface area contributed by atoms with E-state index < -0.39 is 29.5 Å². The fourth-order valence-electron chi connectivity index (χ4n) is 3.58. The molecule has 1 atom stereocenters. The van der Waals surface area contributed by atoms with Crippen molar-refractivity contribution in [2.75, 3.05) is 4.90 Å². The van der Waals surface area contributed by atoms with E-state index in [1.54, 1.807) is 36.4 Å². The Morgan fingerprint density at radius 3 is 2.14 bits per heavy atom. The smallest absolute Gasteiger partial charge is 0.264 e. The Morgan fingerprint density at radius 2 is 1.48 bits per heavy atom. The van der Waals surface area contributed by atoms with Crippen molar-refractivity contribution >= 4 is 17.4 Å². The molecule has 1 heterocycles. The second-order valence-electron chi connectivity index (χ2n) is 7.00. The quantitative estimate of drug-likeness (QED) is 0.668. The number of hydrogen-bond acceptors (Lipinski definition) is 3. The van der Waals surface area contributed by atoms with Gasteiger partial charge in [0.1, 0.15) is 11.6 Å². The monoisotopic (exact) mass is 393 g/mol. The highest BCUT2D eigenvalue weighted by atomic mass is 19.1. The topological polar surface area (TPSA) is 57.6 Å². The highest BCUT2D eigenvalue weighted by Crippen LogP contribution is 2.43. The first-order valence-electron chi connectivity index (χ1n) is 9.05. The zero-order valence-electron chi connectivity index (χ0n) is 15.3. The predicted octanol–water partition coefficient (Wildman–Crippen LogP) is 3.97. The van der Waals surface area contributed by atoms with Crippen molar-refractivity contribution in [2.24, 2.45) is 0 Å². The van der Waals surface area contributed by atoms with Gasteiger partial charge in [-0.1, -0.05) is 30.3 Å². The lowest BCUT2D eigenvalue weighted by Gasteiger charge is -2.23. The molecule has 4 rings (SSSR count). The number of para-hydroxylation sites is 1.